The summed E-state index contributed by atoms with van der Waals surface area (Å²) in [4.78, 5) is 6.93. The van der Waals surface area contributed by atoms with E-state index in [1.807, 2.05) is 42.6 Å². The molecule has 0 bridgehead atoms. The van der Waals surface area contributed by atoms with E-state index in [1.54, 1.807) is 26.0 Å². The number of nitrogens with zero attached hydrogens (tertiary/aromatic N) is 3. The minimum atomic E-state index is -1.18. The molecule has 4 unspecified atom stereocenters. The first-order chi connectivity index (χ1) is 18.2. The SMILES string of the molecule is CC(C)(O)c1ccc2c(c1)/C(=C/CCN1CCC(O)(c3ccc(Cl)cc3)C(C#N)C1)C1C=CC=NC1CO2. The molecule has 7 heteroatoms. The number of halogens is 1. The average molecular weight is 532 g/mol. The predicted molar refractivity (Wildman–Crippen MR) is 150 cm³/mol. The number of fused-ring (bicyclic) bond motifs is 2. The molecule has 5 rings (SSSR count). The highest BCUT2D eigenvalue weighted by molar-refractivity contribution is 6.30. The average Bonchev–Trinajstić information content (AvgIpc) is 3.06. The molecule has 0 spiro atoms. The Labute approximate surface area is 229 Å². The summed E-state index contributed by atoms with van der Waals surface area (Å²) in [6.45, 7) is 6.03. The summed E-state index contributed by atoms with van der Waals surface area (Å²) in [5, 5.41) is 32.6. The highest BCUT2D eigenvalue weighted by atomic mass is 35.5. The summed E-state index contributed by atoms with van der Waals surface area (Å²) in [6, 6.07) is 15.4. The molecule has 1 saturated heterocycles. The normalized spacial score (nSPS) is 28.2. The van der Waals surface area contributed by atoms with Crippen molar-refractivity contribution < 1.29 is 14.9 Å². The topological polar surface area (TPSA) is 89.1 Å². The van der Waals surface area contributed by atoms with E-state index in [1.165, 1.54) is 0 Å². The van der Waals surface area contributed by atoms with Gasteiger partial charge in [0.1, 0.15) is 18.0 Å². The monoisotopic (exact) mass is 531 g/mol. The standard InChI is InChI=1S/C31H34ClN3O3/c1-30(2,36)22-9-12-29-27(17-22)25(26-5-3-14-34-28(26)20-38-29)6-4-15-35-16-13-31(37,23(18-33)19-35)21-7-10-24(32)11-8-21/h3,5-12,14,17,23,26,28,36-37H,4,13,15-16,19-20H2,1-2H3/b25-6+. The second-order valence-electron chi connectivity index (χ2n) is 11.0. The molecule has 2 aromatic rings. The van der Waals surface area contributed by atoms with Crippen molar-refractivity contribution in [2.45, 2.75) is 43.9 Å². The number of hydrogen-bond donors (Lipinski definition) is 2. The number of ether oxygens (including phenoxy) is 1. The Bertz CT molecular complexity index is 1310. The van der Waals surface area contributed by atoms with Gasteiger partial charge in [-0.25, -0.2) is 0 Å². The third kappa shape index (κ3) is 5.30. The van der Waals surface area contributed by atoms with Gasteiger partial charge in [0.15, 0.2) is 0 Å². The molecule has 2 aromatic carbocycles. The third-order valence-electron chi connectivity index (χ3n) is 8.00. The van der Waals surface area contributed by atoms with E-state index in [-0.39, 0.29) is 12.0 Å². The van der Waals surface area contributed by atoms with E-state index in [0.717, 1.165) is 41.0 Å². The summed E-state index contributed by atoms with van der Waals surface area (Å²) in [6.07, 6.45) is 9.51. The Morgan fingerprint density at radius 3 is 2.79 bits per heavy atom. The zero-order chi connectivity index (χ0) is 26.9. The third-order valence-corrected chi connectivity index (χ3v) is 8.25. The lowest BCUT2D eigenvalue weighted by Crippen LogP contribution is -2.49. The molecule has 2 N–H and O–H groups in total. The fraction of sp³-hybridized carbons (Fsp3) is 0.419. The molecule has 0 aliphatic carbocycles. The van der Waals surface area contributed by atoms with Crippen molar-refractivity contribution in [3.05, 3.63) is 82.4 Å². The zero-order valence-electron chi connectivity index (χ0n) is 21.8. The second-order valence-corrected chi connectivity index (χ2v) is 11.4. The highest BCUT2D eigenvalue weighted by Crippen LogP contribution is 2.41. The van der Waals surface area contributed by atoms with Crippen LogP contribution in [0.15, 0.2) is 65.7 Å². The van der Waals surface area contributed by atoms with Crippen molar-refractivity contribution in [2.75, 3.05) is 26.2 Å². The largest absolute Gasteiger partial charge is 0.491 e. The highest BCUT2D eigenvalue weighted by Gasteiger charge is 2.43. The van der Waals surface area contributed by atoms with E-state index < -0.39 is 17.1 Å². The first kappa shape index (κ1) is 26.6. The van der Waals surface area contributed by atoms with Gasteiger partial charge in [-0.2, -0.15) is 5.26 Å². The molecule has 0 saturated carbocycles. The molecule has 3 heterocycles. The summed E-state index contributed by atoms with van der Waals surface area (Å²) in [7, 11) is 0. The van der Waals surface area contributed by atoms with Crippen molar-refractivity contribution in [1.29, 1.82) is 5.26 Å². The van der Waals surface area contributed by atoms with Crippen LogP contribution in [-0.2, 0) is 11.2 Å². The molecule has 0 radical (unpaired) electrons. The van der Waals surface area contributed by atoms with Gasteiger partial charge in [0, 0.05) is 42.4 Å². The number of hydrogen-bond acceptors (Lipinski definition) is 6. The van der Waals surface area contributed by atoms with Gasteiger partial charge < -0.3 is 19.8 Å². The van der Waals surface area contributed by atoms with Crippen molar-refractivity contribution >= 4 is 23.4 Å². The fourth-order valence-corrected chi connectivity index (χ4v) is 5.84. The molecule has 0 aromatic heterocycles. The first-order valence-electron chi connectivity index (χ1n) is 13.2. The minimum Gasteiger partial charge on any atom is -0.491 e. The fourth-order valence-electron chi connectivity index (χ4n) is 5.71. The van der Waals surface area contributed by atoms with Crippen LogP contribution in [0.2, 0.25) is 5.02 Å². The lowest BCUT2D eigenvalue weighted by atomic mass is 9.76. The molecular formula is C31H34ClN3O3. The maximum absolute atomic E-state index is 11.4. The zero-order valence-corrected chi connectivity index (χ0v) is 22.6. The van der Waals surface area contributed by atoms with Crippen LogP contribution in [0.1, 0.15) is 43.4 Å². The van der Waals surface area contributed by atoms with Gasteiger partial charge >= 0.3 is 0 Å². The summed E-state index contributed by atoms with van der Waals surface area (Å²) >= 11 is 6.03. The van der Waals surface area contributed by atoms with Crippen molar-refractivity contribution in [2.24, 2.45) is 16.8 Å². The molecule has 3 aliphatic heterocycles. The van der Waals surface area contributed by atoms with E-state index in [9.17, 15) is 15.5 Å². The minimum absolute atomic E-state index is 0.00317. The van der Waals surface area contributed by atoms with E-state index >= 15 is 0 Å². The smallest absolute Gasteiger partial charge is 0.126 e. The van der Waals surface area contributed by atoms with Crippen LogP contribution in [0, 0.1) is 23.2 Å². The quantitative estimate of drug-likeness (QED) is 0.561. The molecule has 198 valence electrons. The lowest BCUT2D eigenvalue weighted by molar-refractivity contribution is -0.0567. The van der Waals surface area contributed by atoms with Crippen LogP contribution >= 0.6 is 11.6 Å². The van der Waals surface area contributed by atoms with Gasteiger partial charge in [0.25, 0.3) is 0 Å². The maximum atomic E-state index is 11.4. The number of nitriles is 1. The van der Waals surface area contributed by atoms with Crippen molar-refractivity contribution in [3.8, 4) is 11.8 Å². The number of allylic oxidation sites excluding steroid dienone is 1. The molecule has 1 fully saturated rings. The van der Waals surface area contributed by atoms with E-state index in [4.69, 9.17) is 16.3 Å². The number of benzene rings is 2. The molecule has 38 heavy (non-hydrogen) atoms. The Morgan fingerprint density at radius 1 is 1.26 bits per heavy atom. The summed E-state index contributed by atoms with van der Waals surface area (Å²) in [5.74, 6) is 0.353. The Kier molecular flexibility index (Phi) is 7.48. The van der Waals surface area contributed by atoms with Gasteiger partial charge in [-0.1, -0.05) is 42.0 Å². The van der Waals surface area contributed by atoms with Gasteiger partial charge in [0.2, 0.25) is 0 Å². The molecule has 4 atom stereocenters. The Morgan fingerprint density at radius 2 is 2.05 bits per heavy atom. The van der Waals surface area contributed by atoms with Crippen LogP contribution in [-0.4, -0.2) is 53.6 Å². The van der Waals surface area contributed by atoms with Gasteiger partial charge in [-0.3, -0.25) is 4.99 Å². The number of aliphatic imine (C=N–C) groups is 1. The first-order valence-corrected chi connectivity index (χ1v) is 13.6. The van der Waals surface area contributed by atoms with Crippen LogP contribution in [0.4, 0.5) is 0 Å². The van der Waals surface area contributed by atoms with Gasteiger partial charge in [-0.05, 0) is 73.7 Å². The summed E-state index contributed by atoms with van der Waals surface area (Å²) in [5.41, 5.74) is 1.56. The van der Waals surface area contributed by atoms with Crippen LogP contribution in [0.25, 0.3) is 5.57 Å². The van der Waals surface area contributed by atoms with Crippen LogP contribution in [0.5, 0.6) is 5.75 Å². The van der Waals surface area contributed by atoms with Crippen LogP contribution < -0.4 is 4.74 Å². The predicted octanol–water partition coefficient (Wildman–Crippen LogP) is 5.09. The number of piperidine rings is 1. The van der Waals surface area contributed by atoms with Crippen LogP contribution in [0.3, 0.4) is 0 Å². The maximum Gasteiger partial charge on any atom is 0.126 e. The van der Waals surface area contributed by atoms with E-state index in [0.29, 0.717) is 31.1 Å². The molecule has 6 nitrogen and oxygen atoms in total. The molecular weight excluding hydrogens is 498 g/mol. The van der Waals surface area contributed by atoms with Crippen molar-refractivity contribution in [1.82, 2.24) is 4.90 Å². The lowest BCUT2D eigenvalue weighted by Gasteiger charge is -2.42. The number of likely N-dealkylation sites (tertiary alicyclic amines) is 1. The van der Waals surface area contributed by atoms with Gasteiger partial charge in [-0.15, -0.1) is 0 Å². The van der Waals surface area contributed by atoms with E-state index in [2.05, 4.69) is 28.1 Å². The number of dihydropyridines is 1. The van der Waals surface area contributed by atoms with Gasteiger partial charge in [0.05, 0.1) is 23.6 Å². The second kappa shape index (κ2) is 10.7. The van der Waals surface area contributed by atoms with Crippen molar-refractivity contribution in [3.63, 3.8) is 0 Å². The molecule has 3 aliphatic rings. The Balaban J connectivity index is 1.36. The number of rotatable bonds is 5. The number of aliphatic hydroxyl groups is 2. The summed E-state index contributed by atoms with van der Waals surface area (Å²) < 4.78 is 6.16. The Hall–Kier alpha value is -2.95. The molecule has 0 amide bonds.